The van der Waals surface area contributed by atoms with Crippen LogP contribution in [-0.4, -0.2) is 41.8 Å². The lowest BCUT2D eigenvalue weighted by Gasteiger charge is -2.32. The molecule has 1 atom stereocenters. The van der Waals surface area contributed by atoms with Gasteiger partial charge in [0, 0.05) is 12.6 Å². The molecular formula is C10H18N2O2. The van der Waals surface area contributed by atoms with Crippen LogP contribution < -0.4 is 5.32 Å². The summed E-state index contributed by atoms with van der Waals surface area (Å²) in [6, 6.07) is 0.301. The molecule has 2 fully saturated rings. The van der Waals surface area contributed by atoms with Crippen LogP contribution in [0.1, 0.15) is 25.7 Å². The molecule has 2 rings (SSSR count). The van der Waals surface area contributed by atoms with E-state index in [0.29, 0.717) is 12.0 Å². The van der Waals surface area contributed by atoms with Crippen molar-refractivity contribution in [3.63, 3.8) is 0 Å². The molecule has 0 bridgehead atoms. The quantitative estimate of drug-likeness (QED) is 0.664. The van der Waals surface area contributed by atoms with Crippen LogP contribution >= 0.6 is 0 Å². The first-order valence-corrected chi connectivity index (χ1v) is 5.49. The second-order valence-electron chi connectivity index (χ2n) is 4.27. The number of carboxylic acid groups (broad SMARTS) is 1. The van der Waals surface area contributed by atoms with Crippen LogP contribution in [-0.2, 0) is 0 Å². The van der Waals surface area contributed by atoms with Gasteiger partial charge in [-0.15, -0.1) is 0 Å². The normalized spacial score (nSPS) is 29.4. The number of nitrogens with one attached hydrogen (secondary N) is 1. The lowest BCUT2D eigenvalue weighted by Crippen LogP contribution is -2.43. The van der Waals surface area contributed by atoms with Crippen LogP contribution in [0.15, 0.2) is 0 Å². The third-order valence-corrected chi connectivity index (χ3v) is 3.47. The fourth-order valence-electron chi connectivity index (χ4n) is 2.75. The highest BCUT2D eigenvalue weighted by Crippen LogP contribution is 2.29. The molecule has 0 saturated carbocycles. The molecule has 4 nitrogen and oxygen atoms in total. The Balaban J connectivity index is 1.97. The molecule has 2 heterocycles. The smallest absolute Gasteiger partial charge is 0.407 e. The molecular weight excluding hydrogens is 180 g/mol. The summed E-state index contributed by atoms with van der Waals surface area (Å²) in [5, 5.41) is 12.3. The molecule has 0 aromatic carbocycles. The van der Waals surface area contributed by atoms with E-state index >= 15 is 0 Å². The number of nitrogens with zero attached hydrogens (tertiary/aromatic N) is 1. The molecule has 2 saturated heterocycles. The molecule has 0 spiro atoms. The minimum absolute atomic E-state index is 0.301. The fraction of sp³-hybridized carbons (Fsp3) is 0.900. The van der Waals surface area contributed by atoms with Crippen molar-refractivity contribution in [1.82, 2.24) is 10.2 Å². The molecule has 2 N–H and O–H groups in total. The van der Waals surface area contributed by atoms with Crippen molar-refractivity contribution in [1.29, 1.82) is 0 Å². The zero-order valence-corrected chi connectivity index (χ0v) is 8.41. The second-order valence-corrected chi connectivity index (χ2v) is 4.27. The highest BCUT2D eigenvalue weighted by Gasteiger charge is 2.34. The highest BCUT2D eigenvalue weighted by molar-refractivity contribution is 5.65. The van der Waals surface area contributed by atoms with Crippen LogP contribution in [0.2, 0.25) is 0 Å². The van der Waals surface area contributed by atoms with Gasteiger partial charge < -0.3 is 15.3 Å². The molecule has 4 heteroatoms. The standard InChI is InChI=1S/C10H18N2O2/c13-10(14)12-7-1-2-9(12)8-3-5-11-6-4-8/h8-9,11H,1-7H2,(H,13,14)/t9-/m0/s1. The van der Waals surface area contributed by atoms with Gasteiger partial charge in [0.15, 0.2) is 0 Å². The zero-order chi connectivity index (χ0) is 9.97. The number of amides is 1. The summed E-state index contributed by atoms with van der Waals surface area (Å²) in [5.41, 5.74) is 0. The van der Waals surface area contributed by atoms with E-state index in [9.17, 15) is 4.79 Å². The van der Waals surface area contributed by atoms with Gasteiger partial charge in [0.2, 0.25) is 0 Å². The number of likely N-dealkylation sites (tertiary alicyclic amines) is 1. The van der Waals surface area contributed by atoms with Crippen LogP contribution in [0.25, 0.3) is 0 Å². The average molecular weight is 198 g/mol. The van der Waals surface area contributed by atoms with E-state index in [1.54, 1.807) is 4.90 Å². The largest absolute Gasteiger partial charge is 0.465 e. The fourth-order valence-corrected chi connectivity index (χ4v) is 2.75. The first kappa shape index (κ1) is 9.77. The summed E-state index contributed by atoms with van der Waals surface area (Å²) >= 11 is 0. The van der Waals surface area contributed by atoms with Crippen molar-refractivity contribution in [2.45, 2.75) is 31.7 Å². The van der Waals surface area contributed by atoms with E-state index in [1.165, 1.54) is 0 Å². The first-order chi connectivity index (χ1) is 6.79. The molecule has 2 aliphatic heterocycles. The van der Waals surface area contributed by atoms with Gasteiger partial charge in [-0.25, -0.2) is 4.79 Å². The molecule has 1 amide bonds. The Morgan fingerprint density at radius 2 is 2.00 bits per heavy atom. The zero-order valence-electron chi connectivity index (χ0n) is 8.41. The van der Waals surface area contributed by atoms with E-state index in [4.69, 9.17) is 5.11 Å². The maximum absolute atomic E-state index is 11.0. The Morgan fingerprint density at radius 1 is 1.29 bits per heavy atom. The maximum atomic E-state index is 11.0. The van der Waals surface area contributed by atoms with Crippen molar-refractivity contribution >= 4 is 6.09 Å². The van der Waals surface area contributed by atoms with Crippen molar-refractivity contribution < 1.29 is 9.90 Å². The van der Waals surface area contributed by atoms with Crippen LogP contribution in [0.3, 0.4) is 0 Å². The predicted molar refractivity (Wildman–Crippen MR) is 53.3 cm³/mol. The number of rotatable bonds is 1. The summed E-state index contributed by atoms with van der Waals surface area (Å²) in [5.74, 6) is 0.592. The lowest BCUT2D eigenvalue weighted by molar-refractivity contribution is 0.117. The van der Waals surface area contributed by atoms with Crippen LogP contribution in [0.5, 0.6) is 0 Å². The summed E-state index contributed by atoms with van der Waals surface area (Å²) in [6.07, 6.45) is 3.65. The van der Waals surface area contributed by atoms with Gasteiger partial charge in [-0.05, 0) is 44.7 Å². The molecule has 0 aromatic heterocycles. The third-order valence-electron chi connectivity index (χ3n) is 3.47. The Kier molecular flexibility index (Phi) is 2.91. The minimum atomic E-state index is -0.731. The van der Waals surface area contributed by atoms with Gasteiger partial charge in [0.1, 0.15) is 0 Å². The Morgan fingerprint density at radius 3 is 2.64 bits per heavy atom. The number of piperidine rings is 1. The Labute approximate surface area is 84.3 Å². The molecule has 0 unspecified atom stereocenters. The van der Waals surface area contributed by atoms with Crippen molar-refractivity contribution in [3.8, 4) is 0 Å². The van der Waals surface area contributed by atoms with Crippen LogP contribution in [0, 0.1) is 5.92 Å². The van der Waals surface area contributed by atoms with Gasteiger partial charge in [-0.3, -0.25) is 0 Å². The second kappa shape index (κ2) is 4.17. The van der Waals surface area contributed by atoms with Gasteiger partial charge >= 0.3 is 6.09 Å². The molecule has 0 radical (unpaired) electrons. The topological polar surface area (TPSA) is 52.6 Å². The van der Waals surface area contributed by atoms with Crippen LogP contribution in [0.4, 0.5) is 4.79 Å². The van der Waals surface area contributed by atoms with Gasteiger partial charge in [0.25, 0.3) is 0 Å². The average Bonchev–Trinajstić information content (AvgIpc) is 2.67. The van der Waals surface area contributed by atoms with E-state index < -0.39 is 6.09 Å². The lowest BCUT2D eigenvalue weighted by atomic mass is 9.89. The number of hydrogen-bond acceptors (Lipinski definition) is 2. The third kappa shape index (κ3) is 1.85. The van der Waals surface area contributed by atoms with Gasteiger partial charge in [-0.1, -0.05) is 0 Å². The SMILES string of the molecule is O=C(O)N1CCC[C@H]1C1CCNCC1. The number of hydrogen-bond donors (Lipinski definition) is 2. The monoisotopic (exact) mass is 198 g/mol. The minimum Gasteiger partial charge on any atom is -0.465 e. The molecule has 0 aromatic rings. The molecule has 14 heavy (non-hydrogen) atoms. The Hall–Kier alpha value is -0.770. The first-order valence-electron chi connectivity index (χ1n) is 5.49. The number of carbonyl (C=O) groups is 1. The summed E-state index contributed by atoms with van der Waals surface area (Å²) < 4.78 is 0. The van der Waals surface area contributed by atoms with Crippen molar-refractivity contribution in [2.24, 2.45) is 5.92 Å². The van der Waals surface area contributed by atoms with E-state index in [2.05, 4.69) is 5.32 Å². The van der Waals surface area contributed by atoms with E-state index in [1.807, 2.05) is 0 Å². The van der Waals surface area contributed by atoms with E-state index in [0.717, 1.165) is 45.3 Å². The van der Waals surface area contributed by atoms with Gasteiger partial charge in [-0.2, -0.15) is 0 Å². The highest BCUT2D eigenvalue weighted by atomic mass is 16.4. The van der Waals surface area contributed by atoms with Crippen molar-refractivity contribution in [3.05, 3.63) is 0 Å². The molecule has 2 aliphatic rings. The Bertz CT molecular complexity index is 214. The van der Waals surface area contributed by atoms with Gasteiger partial charge in [0.05, 0.1) is 0 Å². The summed E-state index contributed by atoms with van der Waals surface area (Å²) in [7, 11) is 0. The van der Waals surface area contributed by atoms with E-state index in [-0.39, 0.29) is 0 Å². The maximum Gasteiger partial charge on any atom is 0.407 e. The molecule has 0 aliphatic carbocycles. The summed E-state index contributed by atoms with van der Waals surface area (Å²) in [4.78, 5) is 12.6. The summed E-state index contributed by atoms with van der Waals surface area (Å²) in [6.45, 7) is 2.84. The predicted octanol–water partition coefficient (Wildman–Crippen LogP) is 1.13. The molecule has 80 valence electrons. The van der Waals surface area contributed by atoms with Crippen molar-refractivity contribution in [2.75, 3.05) is 19.6 Å².